The smallest absolute Gasteiger partial charge is 0.354 e. The number of hydrogen-bond donors (Lipinski definition) is 1. The SMILES string of the molecule is C/C=C/Cn1nccc1C(=O)O. The Labute approximate surface area is 70.1 Å². The average molecular weight is 166 g/mol. The predicted molar refractivity (Wildman–Crippen MR) is 44.0 cm³/mol. The zero-order chi connectivity index (χ0) is 8.97. The lowest BCUT2D eigenvalue weighted by molar-refractivity contribution is 0.0684. The second kappa shape index (κ2) is 3.71. The molecule has 0 fully saturated rings. The van der Waals surface area contributed by atoms with E-state index in [-0.39, 0.29) is 5.69 Å². The highest BCUT2D eigenvalue weighted by atomic mass is 16.4. The summed E-state index contributed by atoms with van der Waals surface area (Å²) in [6, 6.07) is 1.48. The molecular weight excluding hydrogens is 156 g/mol. The van der Waals surface area contributed by atoms with E-state index in [1.165, 1.54) is 16.9 Å². The van der Waals surface area contributed by atoms with Crippen LogP contribution in [0.2, 0.25) is 0 Å². The Morgan fingerprint density at radius 3 is 3.17 bits per heavy atom. The quantitative estimate of drug-likeness (QED) is 0.685. The number of carbonyl (C=O) groups is 1. The first-order valence-corrected chi connectivity index (χ1v) is 3.62. The first-order valence-electron chi connectivity index (χ1n) is 3.62. The van der Waals surface area contributed by atoms with Crippen molar-refractivity contribution in [3.05, 3.63) is 30.1 Å². The van der Waals surface area contributed by atoms with E-state index in [4.69, 9.17) is 5.11 Å². The molecular formula is C8H10N2O2. The van der Waals surface area contributed by atoms with E-state index in [0.717, 1.165) is 0 Å². The summed E-state index contributed by atoms with van der Waals surface area (Å²) in [6.45, 7) is 2.38. The van der Waals surface area contributed by atoms with Gasteiger partial charge in [0.1, 0.15) is 5.69 Å². The lowest BCUT2D eigenvalue weighted by atomic mass is 10.4. The van der Waals surface area contributed by atoms with E-state index in [2.05, 4.69) is 5.10 Å². The summed E-state index contributed by atoms with van der Waals surface area (Å²) in [5, 5.41) is 12.5. The molecule has 0 aliphatic rings. The lowest BCUT2D eigenvalue weighted by Gasteiger charge is -1.98. The fourth-order valence-corrected chi connectivity index (χ4v) is 0.865. The summed E-state index contributed by atoms with van der Waals surface area (Å²) < 4.78 is 1.43. The summed E-state index contributed by atoms with van der Waals surface area (Å²) in [5.74, 6) is -0.947. The number of aromatic carboxylic acids is 1. The zero-order valence-corrected chi connectivity index (χ0v) is 6.77. The minimum atomic E-state index is -0.947. The van der Waals surface area contributed by atoms with Gasteiger partial charge in [0, 0.05) is 6.20 Å². The Bertz CT molecular complexity index is 302. The molecule has 0 saturated carbocycles. The Kier molecular flexibility index (Phi) is 2.63. The van der Waals surface area contributed by atoms with E-state index in [9.17, 15) is 4.79 Å². The molecule has 64 valence electrons. The van der Waals surface area contributed by atoms with Gasteiger partial charge in [-0.2, -0.15) is 5.10 Å². The van der Waals surface area contributed by atoms with Gasteiger partial charge in [0.15, 0.2) is 0 Å². The number of rotatable bonds is 3. The van der Waals surface area contributed by atoms with Gasteiger partial charge in [-0.1, -0.05) is 12.2 Å². The van der Waals surface area contributed by atoms with E-state index in [0.29, 0.717) is 6.54 Å². The highest BCUT2D eigenvalue weighted by Crippen LogP contribution is 1.98. The molecule has 0 bridgehead atoms. The van der Waals surface area contributed by atoms with Crippen molar-refractivity contribution < 1.29 is 9.90 Å². The van der Waals surface area contributed by atoms with Gasteiger partial charge in [0.05, 0.1) is 6.54 Å². The fraction of sp³-hybridized carbons (Fsp3) is 0.250. The zero-order valence-electron chi connectivity index (χ0n) is 6.77. The van der Waals surface area contributed by atoms with Crippen molar-refractivity contribution in [3.8, 4) is 0 Å². The first kappa shape index (κ1) is 8.52. The number of allylic oxidation sites excluding steroid dienone is 2. The van der Waals surface area contributed by atoms with Crippen LogP contribution in [0.15, 0.2) is 24.4 Å². The van der Waals surface area contributed by atoms with Gasteiger partial charge in [-0.05, 0) is 13.0 Å². The Morgan fingerprint density at radius 2 is 2.58 bits per heavy atom. The summed E-state index contributed by atoms with van der Waals surface area (Å²) in [5.41, 5.74) is 0.216. The molecule has 0 aliphatic carbocycles. The van der Waals surface area contributed by atoms with Gasteiger partial charge in [-0.25, -0.2) is 4.79 Å². The molecule has 0 atom stereocenters. The van der Waals surface area contributed by atoms with Crippen LogP contribution < -0.4 is 0 Å². The van der Waals surface area contributed by atoms with Crippen LogP contribution in [0.25, 0.3) is 0 Å². The van der Waals surface area contributed by atoms with Gasteiger partial charge in [-0.15, -0.1) is 0 Å². The largest absolute Gasteiger partial charge is 0.477 e. The molecule has 1 aromatic rings. The molecule has 1 N–H and O–H groups in total. The maximum atomic E-state index is 10.6. The molecule has 0 saturated heterocycles. The summed E-state index contributed by atoms with van der Waals surface area (Å²) in [4.78, 5) is 10.6. The number of hydrogen-bond acceptors (Lipinski definition) is 2. The third-order valence-electron chi connectivity index (χ3n) is 1.45. The molecule has 1 rings (SSSR count). The van der Waals surface area contributed by atoms with Crippen LogP contribution in [-0.4, -0.2) is 20.9 Å². The molecule has 0 radical (unpaired) electrons. The van der Waals surface area contributed by atoms with Crippen LogP contribution >= 0.6 is 0 Å². The molecule has 0 aliphatic heterocycles. The highest BCUT2D eigenvalue weighted by Gasteiger charge is 2.07. The normalized spacial score (nSPS) is 10.8. The van der Waals surface area contributed by atoms with Crippen molar-refractivity contribution in [3.63, 3.8) is 0 Å². The summed E-state index contributed by atoms with van der Waals surface area (Å²) >= 11 is 0. The standard InChI is InChI=1S/C8H10N2O2/c1-2-3-6-10-7(8(11)12)4-5-9-10/h2-5H,6H2,1H3,(H,11,12)/b3-2+. The number of nitrogens with zero attached hydrogens (tertiary/aromatic N) is 2. The van der Waals surface area contributed by atoms with Crippen molar-refractivity contribution >= 4 is 5.97 Å². The molecule has 4 nitrogen and oxygen atoms in total. The minimum Gasteiger partial charge on any atom is -0.477 e. The Balaban J connectivity index is 2.84. The molecule has 0 unspecified atom stereocenters. The van der Waals surface area contributed by atoms with Gasteiger partial charge < -0.3 is 5.11 Å². The van der Waals surface area contributed by atoms with Crippen LogP contribution in [0.5, 0.6) is 0 Å². The summed E-state index contributed by atoms with van der Waals surface area (Å²) in [7, 11) is 0. The number of aromatic nitrogens is 2. The number of carboxylic acids is 1. The molecule has 1 heterocycles. The van der Waals surface area contributed by atoms with Gasteiger partial charge in [0.25, 0.3) is 0 Å². The molecule has 4 heteroatoms. The second-order valence-corrected chi connectivity index (χ2v) is 2.27. The van der Waals surface area contributed by atoms with Crippen molar-refractivity contribution in [1.82, 2.24) is 9.78 Å². The Morgan fingerprint density at radius 1 is 1.83 bits per heavy atom. The maximum absolute atomic E-state index is 10.6. The van der Waals surface area contributed by atoms with E-state index in [1.54, 1.807) is 0 Å². The van der Waals surface area contributed by atoms with E-state index in [1.807, 2.05) is 19.1 Å². The molecule has 0 spiro atoms. The van der Waals surface area contributed by atoms with Crippen molar-refractivity contribution in [1.29, 1.82) is 0 Å². The van der Waals surface area contributed by atoms with Crippen LogP contribution in [0.3, 0.4) is 0 Å². The Hall–Kier alpha value is -1.58. The fourth-order valence-electron chi connectivity index (χ4n) is 0.865. The minimum absolute atomic E-state index is 0.216. The number of carboxylic acid groups (broad SMARTS) is 1. The summed E-state index contributed by atoms with van der Waals surface area (Å²) in [6.07, 6.45) is 5.18. The predicted octanol–water partition coefficient (Wildman–Crippen LogP) is 1.16. The van der Waals surface area contributed by atoms with Crippen molar-refractivity contribution in [2.45, 2.75) is 13.5 Å². The monoisotopic (exact) mass is 166 g/mol. The molecule has 12 heavy (non-hydrogen) atoms. The van der Waals surface area contributed by atoms with Gasteiger partial charge >= 0.3 is 5.97 Å². The van der Waals surface area contributed by atoms with Gasteiger partial charge in [0.2, 0.25) is 0 Å². The average Bonchev–Trinajstić information content (AvgIpc) is 2.48. The highest BCUT2D eigenvalue weighted by molar-refractivity contribution is 5.85. The van der Waals surface area contributed by atoms with Crippen molar-refractivity contribution in [2.24, 2.45) is 0 Å². The topological polar surface area (TPSA) is 55.1 Å². The van der Waals surface area contributed by atoms with Crippen LogP contribution in [-0.2, 0) is 6.54 Å². The van der Waals surface area contributed by atoms with Crippen LogP contribution in [0, 0.1) is 0 Å². The van der Waals surface area contributed by atoms with E-state index < -0.39 is 5.97 Å². The van der Waals surface area contributed by atoms with Crippen LogP contribution in [0.4, 0.5) is 0 Å². The van der Waals surface area contributed by atoms with Crippen molar-refractivity contribution in [2.75, 3.05) is 0 Å². The third-order valence-corrected chi connectivity index (χ3v) is 1.45. The second-order valence-electron chi connectivity index (χ2n) is 2.27. The van der Waals surface area contributed by atoms with E-state index >= 15 is 0 Å². The maximum Gasteiger partial charge on any atom is 0.354 e. The molecule has 1 aromatic heterocycles. The molecule has 0 aromatic carbocycles. The van der Waals surface area contributed by atoms with Gasteiger partial charge in [-0.3, -0.25) is 4.68 Å². The van der Waals surface area contributed by atoms with Crippen LogP contribution in [0.1, 0.15) is 17.4 Å². The molecule has 0 amide bonds. The third kappa shape index (κ3) is 1.72. The first-order chi connectivity index (χ1) is 5.75. The lowest BCUT2D eigenvalue weighted by Crippen LogP contribution is -2.08.